The average Bonchev–Trinajstić information content (AvgIpc) is 2.67. The summed E-state index contributed by atoms with van der Waals surface area (Å²) in [6.45, 7) is 3.80. The standard InChI is InChI=1S/C13H13Cl2N3O/c1-7-3-4-8(2)18(7)17-13(19)9-5-10(14)12(16)11(15)6-9/h3-6H,16H2,1-2H3,(H,17,19). The number of aromatic nitrogens is 1. The van der Waals surface area contributed by atoms with E-state index in [2.05, 4.69) is 5.43 Å². The third-order valence-corrected chi connectivity index (χ3v) is 3.45. The van der Waals surface area contributed by atoms with Crippen LogP contribution in [-0.4, -0.2) is 10.6 Å². The van der Waals surface area contributed by atoms with Crippen LogP contribution in [0.5, 0.6) is 0 Å². The molecule has 1 aromatic heterocycles. The molecule has 0 atom stereocenters. The van der Waals surface area contributed by atoms with E-state index < -0.39 is 0 Å². The molecule has 1 aromatic carbocycles. The molecule has 0 saturated carbocycles. The molecule has 0 radical (unpaired) electrons. The van der Waals surface area contributed by atoms with Crippen molar-refractivity contribution in [2.24, 2.45) is 0 Å². The molecular weight excluding hydrogens is 285 g/mol. The van der Waals surface area contributed by atoms with Gasteiger partial charge in [0.1, 0.15) is 0 Å². The van der Waals surface area contributed by atoms with E-state index >= 15 is 0 Å². The number of aryl methyl sites for hydroxylation is 2. The number of carbonyl (C=O) groups excluding carboxylic acids is 1. The summed E-state index contributed by atoms with van der Waals surface area (Å²) in [5.74, 6) is -0.300. The molecule has 0 fully saturated rings. The first-order chi connectivity index (χ1) is 8.90. The summed E-state index contributed by atoms with van der Waals surface area (Å²) in [5.41, 5.74) is 10.9. The molecule has 4 nitrogen and oxygen atoms in total. The molecule has 3 N–H and O–H groups in total. The molecule has 0 aliphatic rings. The van der Waals surface area contributed by atoms with Gasteiger partial charge in [-0.25, -0.2) is 0 Å². The van der Waals surface area contributed by atoms with Gasteiger partial charge in [0.15, 0.2) is 0 Å². The number of amides is 1. The van der Waals surface area contributed by atoms with Gasteiger partial charge in [-0.15, -0.1) is 0 Å². The van der Waals surface area contributed by atoms with Gasteiger partial charge < -0.3 is 5.73 Å². The summed E-state index contributed by atoms with van der Waals surface area (Å²) in [6.07, 6.45) is 0. The number of nitrogen functional groups attached to an aromatic ring is 1. The lowest BCUT2D eigenvalue weighted by Crippen LogP contribution is -2.24. The topological polar surface area (TPSA) is 60.0 Å². The van der Waals surface area contributed by atoms with Crippen LogP contribution in [0.2, 0.25) is 10.0 Å². The van der Waals surface area contributed by atoms with Gasteiger partial charge >= 0.3 is 0 Å². The monoisotopic (exact) mass is 297 g/mol. The van der Waals surface area contributed by atoms with E-state index in [4.69, 9.17) is 28.9 Å². The summed E-state index contributed by atoms with van der Waals surface area (Å²) in [6, 6.07) is 6.82. The Labute approximate surface area is 121 Å². The molecule has 0 bridgehead atoms. The maximum atomic E-state index is 12.1. The number of carbonyl (C=O) groups is 1. The zero-order chi connectivity index (χ0) is 14.2. The normalized spacial score (nSPS) is 10.5. The third kappa shape index (κ3) is 2.69. The van der Waals surface area contributed by atoms with Crippen LogP contribution in [0.1, 0.15) is 21.7 Å². The lowest BCUT2D eigenvalue weighted by molar-refractivity contribution is 0.101. The number of benzene rings is 1. The summed E-state index contributed by atoms with van der Waals surface area (Å²) >= 11 is 11.8. The van der Waals surface area contributed by atoms with Gasteiger partial charge in [-0.05, 0) is 38.1 Å². The molecule has 0 aliphatic heterocycles. The summed E-state index contributed by atoms with van der Waals surface area (Å²) in [7, 11) is 0. The maximum absolute atomic E-state index is 12.1. The van der Waals surface area contributed by atoms with E-state index in [1.165, 1.54) is 12.1 Å². The van der Waals surface area contributed by atoms with Crippen molar-refractivity contribution in [1.82, 2.24) is 4.68 Å². The van der Waals surface area contributed by atoms with Crippen LogP contribution < -0.4 is 11.2 Å². The van der Waals surface area contributed by atoms with Crippen LogP contribution in [0.3, 0.4) is 0 Å². The zero-order valence-corrected chi connectivity index (χ0v) is 12.0. The molecule has 19 heavy (non-hydrogen) atoms. The first kappa shape index (κ1) is 13.8. The second-order valence-corrected chi connectivity index (χ2v) is 5.06. The van der Waals surface area contributed by atoms with E-state index in [1.54, 1.807) is 4.68 Å². The van der Waals surface area contributed by atoms with Crippen LogP contribution in [0.4, 0.5) is 5.69 Å². The van der Waals surface area contributed by atoms with Gasteiger partial charge in [-0.1, -0.05) is 23.2 Å². The lowest BCUT2D eigenvalue weighted by Gasteiger charge is -2.12. The lowest BCUT2D eigenvalue weighted by atomic mass is 10.2. The number of nitrogens with one attached hydrogen (secondary N) is 1. The number of nitrogens with zero attached hydrogens (tertiary/aromatic N) is 1. The van der Waals surface area contributed by atoms with E-state index in [1.807, 2.05) is 26.0 Å². The van der Waals surface area contributed by atoms with Gasteiger partial charge in [0.2, 0.25) is 0 Å². The smallest absolute Gasteiger partial charge is 0.270 e. The molecule has 2 aromatic rings. The van der Waals surface area contributed by atoms with Gasteiger partial charge in [0, 0.05) is 17.0 Å². The van der Waals surface area contributed by atoms with Gasteiger partial charge in [0.05, 0.1) is 15.7 Å². The molecule has 0 unspecified atom stereocenters. The quantitative estimate of drug-likeness (QED) is 0.835. The maximum Gasteiger partial charge on any atom is 0.270 e. The summed E-state index contributed by atoms with van der Waals surface area (Å²) in [5, 5.41) is 0.525. The number of nitrogens with two attached hydrogens (primary N) is 1. The molecule has 6 heteroatoms. The van der Waals surface area contributed by atoms with Crippen molar-refractivity contribution in [1.29, 1.82) is 0 Å². The van der Waals surface area contributed by atoms with Crippen molar-refractivity contribution in [2.75, 3.05) is 11.2 Å². The van der Waals surface area contributed by atoms with Crippen LogP contribution in [0.15, 0.2) is 24.3 Å². The Hall–Kier alpha value is -1.65. The molecule has 0 aliphatic carbocycles. The first-order valence-corrected chi connectivity index (χ1v) is 6.36. The molecule has 2 rings (SSSR count). The average molecular weight is 298 g/mol. The predicted molar refractivity (Wildman–Crippen MR) is 78.5 cm³/mol. The van der Waals surface area contributed by atoms with Crippen LogP contribution >= 0.6 is 23.2 Å². The van der Waals surface area contributed by atoms with Crippen molar-refractivity contribution >= 4 is 34.8 Å². The number of hydrogen-bond acceptors (Lipinski definition) is 2. The molecule has 100 valence electrons. The minimum Gasteiger partial charge on any atom is -0.396 e. The van der Waals surface area contributed by atoms with Crippen molar-refractivity contribution in [3.8, 4) is 0 Å². The second-order valence-electron chi connectivity index (χ2n) is 4.25. The molecule has 1 amide bonds. The minimum absolute atomic E-state index is 0.263. The van der Waals surface area contributed by atoms with Crippen molar-refractivity contribution in [3.05, 3.63) is 51.3 Å². The van der Waals surface area contributed by atoms with Crippen LogP contribution in [0.25, 0.3) is 0 Å². The first-order valence-electron chi connectivity index (χ1n) is 5.61. The van der Waals surface area contributed by atoms with Crippen LogP contribution in [-0.2, 0) is 0 Å². The van der Waals surface area contributed by atoms with Crippen molar-refractivity contribution in [2.45, 2.75) is 13.8 Å². The summed E-state index contributed by atoms with van der Waals surface area (Å²) < 4.78 is 1.69. The Balaban J connectivity index is 2.31. The zero-order valence-electron chi connectivity index (χ0n) is 10.5. The van der Waals surface area contributed by atoms with Crippen molar-refractivity contribution in [3.63, 3.8) is 0 Å². The molecule has 1 heterocycles. The third-order valence-electron chi connectivity index (χ3n) is 2.83. The highest BCUT2D eigenvalue weighted by Crippen LogP contribution is 2.28. The minimum atomic E-state index is -0.300. The number of anilines is 1. The molecule has 0 saturated heterocycles. The number of halogens is 2. The van der Waals surface area contributed by atoms with Crippen LogP contribution in [0, 0.1) is 13.8 Å². The summed E-state index contributed by atoms with van der Waals surface area (Å²) in [4.78, 5) is 12.1. The largest absolute Gasteiger partial charge is 0.396 e. The molecule has 0 spiro atoms. The molecular formula is C13H13Cl2N3O. The highest BCUT2D eigenvalue weighted by atomic mass is 35.5. The second kappa shape index (κ2) is 5.15. The van der Waals surface area contributed by atoms with E-state index in [0.717, 1.165) is 11.4 Å². The van der Waals surface area contributed by atoms with Gasteiger partial charge in [0.25, 0.3) is 5.91 Å². The number of hydrogen-bond donors (Lipinski definition) is 2. The number of rotatable bonds is 2. The van der Waals surface area contributed by atoms with E-state index in [-0.39, 0.29) is 21.6 Å². The SMILES string of the molecule is Cc1ccc(C)n1NC(=O)c1cc(Cl)c(N)c(Cl)c1. The fraction of sp³-hybridized carbons (Fsp3) is 0.154. The Bertz CT molecular complexity index is 607. The highest BCUT2D eigenvalue weighted by Gasteiger charge is 2.12. The fourth-order valence-corrected chi connectivity index (χ4v) is 2.21. The Morgan fingerprint density at radius 2 is 1.63 bits per heavy atom. The Morgan fingerprint density at radius 3 is 2.11 bits per heavy atom. The van der Waals surface area contributed by atoms with Gasteiger partial charge in [-0.2, -0.15) is 0 Å². The fourth-order valence-electron chi connectivity index (χ4n) is 1.73. The highest BCUT2D eigenvalue weighted by molar-refractivity contribution is 6.39. The Kier molecular flexibility index (Phi) is 3.73. The Morgan fingerprint density at radius 1 is 1.16 bits per heavy atom. The van der Waals surface area contributed by atoms with E-state index in [9.17, 15) is 4.79 Å². The predicted octanol–water partition coefficient (Wildman–Crippen LogP) is 3.38. The van der Waals surface area contributed by atoms with E-state index in [0.29, 0.717) is 5.56 Å². The van der Waals surface area contributed by atoms with Crippen molar-refractivity contribution < 1.29 is 4.79 Å². The van der Waals surface area contributed by atoms with Gasteiger partial charge in [-0.3, -0.25) is 14.9 Å².